The van der Waals surface area contributed by atoms with E-state index < -0.39 is 0 Å². The van der Waals surface area contributed by atoms with Crippen molar-refractivity contribution in [2.75, 3.05) is 6.54 Å². The molecule has 0 spiro atoms. The molecule has 106 valence electrons. The number of benzene rings is 1. The van der Waals surface area contributed by atoms with Gasteiger partial charge in [-0.25, -0.2) is 0 Å². The van der Waals surface area contributed by atoms with Gasteiger partial charge in [0, 0.05) is 29.5 Å². The largest absolute Gasteiger partial charge is 0.351 e. The molecule has 0 aliphatic carbocycles. The molecule has 1 aromatic heterocycles. The highest BCUT2D eigenvalue weighted by Crippen LogP contribution is 2.17. The molecule has 1 N–H and O–H groups in total. The minimum absolute atomic E-state index is 0.0836. The van der Waals surface area contributed by atoms with Gasteiger partial charge in [0.1, 0.15) is 12.2 Å². The second-order valence-corrected chi connectivity index (χ2v) is 5.73. The summed E-state index contributed by atoms with van der Waals surface area (Å²) >= 11 is 3.43. The molecule has 0 fully saturated rings. The summed E-state index contributed by atoms with van der Waals surface area (Å²) in [4.78, 5) is 12.1. The van der Waals surface area contributed by atoms with Crippen molar-refractivity contribution in [3.05, 3.63) is 46.0 Å². The highest BCUT2D eigenvalue weighted by molar-refractivity contribution is 9.10. The maximum Gasteiger partial charge on any atom is 0.251 e. The van der Waals surface area contributed by atoms with Crippen molar-refractivity contribution >= 4 is 21.8 Å². The van der Waals surface area contributed by atoms with E-state index in [1.54, 1.807) is 6.33 Å². The summed E-state index contributed by atoms with van der Waals surface area (Å²) in [6.45, 7) is 4.52. The Morgan fingerprint density at radius 2 is 2.25 bits per heavy atom. The minimum Gasteiger partial charge on any atom is -0.351 e. The van der Waals surface area contributed by atoms with Crippen LogP contribution in [-0.2, 0) is 7.05 Å². The third-order valence-corrected chi connectivity index (χ3v) is 4.04. The van der Waals surface area contributed by atoms with Crippen LogP contribution in [0.1, 0.15) is 34.6 Å². The molecule has 1 amide bonds. The lowest BCUT2D eigenvalue weighted by Gasteiger charge is -2.12. The van der Waals surface area contributed by atoms with E-state index in [-0.39, 0.29) is 11.8 Å². The van der Waals surface area contributed by atoms with E-state index in [9.17, 15) is 4.79 Å². The van der Waals surface area contributed by atoms with Gasteiger partial charge in [0.2, 0.25) is 0 Å². The Labute approximate surface area is 126 Å². The zero-order valence-corrected chi connectivity index (χ0v) is 13.3. The number of amides is 1. The van der Waals surface area contributed by atoms with Crippen molar-refractivity contribution in [2.24, 2.45) is 7.05 Å². The number of rotatable bonds is 4. The smallest absolute Gasteiger partial charge is 0.251 e. The van der Waals surface area contributed by atoms with Gasteiger partial charge in [0.05, 0.1) is 0 Å². The number of aromatic nitrogens is 3. The van der Waals surface area contributed by atoms with Gasteiger partial charge >= 0.3 is 0 Å². The molecule has 2 aromatic rings. The molecule has 0 unspecified atom stereocenters. The summed E-state index contributed by atoms with van der Waals surface area (Å²) in [5.41, 5.74) is 1.75. The van der Waals surface area contributed by atoms with Crippen molar-refractivity contribution in [2.45, 2.75) is 19.8 Å². The molecule has 0 radical (unpaired) electrons. The first-order chi connectivity index (χ1) is 9.49. The molecule has 0 saturated heterocycles. The van der Waals surface area contributed by atoms with Crippen LogP contribution < -0.4 is 5.32 Å². The Morgan fingerprint density at radius 3 is 2.85 bits per heavy atom. The molecule has 6 heteroatoms. The zero-order chi connectivity index (χ0) is 14.7. The molecule has 0 saturated carbocycles. The Bertz CT molecular complexity index is 623. The molecule has 0 bridgehead atoms. The fourth-order valence-corrected chi connectivity index (χ4v) is 2.29. The lowest BCUT2D eigenvalue weighted by Crippen LogP contribution is -2.28. The van der Waals surface area contributed by atoms with Crippen LogP contribution in [0, 0.1) is 6.92 Å². The molecule has 0 aliphatic rings. The fraction of sp³-hybridized carbons (Fsp3) is 0.357. The summed E-state index contributed by atoms with van der Waals surface area (Å²) in [5, 5.41) is 10.8. The van der Waals surface area contributed by atoms with E-state index in [0.29, 0.717) is 12.1 Å². The van der Waals surface area contributed by atoms with Gasteiger partial charge in [-0.2, -0.15) is 0 Å². The summed E-state index contributed by atoms with van der Waals surface area (Å²) in [6, 6.07) is 5.57. The van der Waals surface area contributed by atoms with E-state index in [1.165, 1.54) is 0 Å². The summed E-state index contributed by atoms with van der Waals surface area (Å²) < 4.78 is 2.80. The minimum atomic E-state index is -0.0836. The Morgan fingerprint density at radius 1 is 1.50 bits per heavy atom. The third-order valence-electron chi connectivity index (χ3n) is 3.19. The average Bonchev–Trinajstić information content (AvgIpc) is 2.85. The lowest BCUT2D eigenvalue weighted by molar-refractivity contribution is 0.0951. The molecule has 20 heavy (non-hydrogen) atoms. The predicted molar refractivity (Wildman–Crippen MR) is 80.6 cm³/mol. The Hall–Kier alpha value is -1.69. The van der Waals surface area contributed by atoms with Crippen LogP contribution in [0.5, 0.6) is 0 Å². The lowest BCUT2D eigenvalue weighted by atomic mass is 10.1. The fourth-order valence-electron chi connectivity index (χ4n) is 1.91. The predicted octanol–water partition coefficient (Wildman–Crippen LogP) is 2.42. The van der Waals surface area contributed by atoms with Crippen molar-refractivity contribution in [1.29, 1.82) is 0 Å². The maximum absolute atomic E-state index is 12.1. The number of nitrogens with one attached hydrogen (secondary N) is 1. The van der Waals surface area contributed by atoms with Crippen LogP contribution in [0.15, 0.2) is 29.0 Å². The summed E-state index contributed by atoms with van der Waals surface area (Å²) in [7, 11) is 1.89. The van der Waals surface area contributed by atoms with Crippen molar-refractivity contribution in [3.63, 3.8) is 0 Å². The molecule has 1 aromatic carbocycles. The number of carbonyl (C=O) groups excluding carboxylic acids is 1. The number of carbonyl (C=O) groups is 1. The van der Waals surface area contributed by atoms with Crippen LogP contribution in [0.2, 0.25) is 0 Å². The van der Waals surface area contributed by atoms with Gasteiger partial charge in [-0.3, -0.25) is 4.79 Å². The van der Waals surface area contributed by atoms with E-state index in [1.807, 2.05) is 43.7 Å². The third kappa shape index (κ3) is 3.25. The van der Waals surface area contributed by atoms with Crippen molar-refractivity contribution in [1.82, 2.24) is 20.1 Å². The molecule has 2 rings (SSSR count). The van der Waals surface area contributed by atoms with Crippen LogP contribution in [-0.4, -0.2) is 27.2 Å². The number of aryl methyl sites for hydroxylation is 2. The first-order valence-electron chi connectivity index (χ1n) is 6.37. The monoisotopic (exact) mass is 336 g/mol. The van der Waals surface area contributed by atoms with Crippen LogP contribution in [0.25, 0.3) is 0 Å². The van der Waals surface area contributed by atoms with E-state index in [4.69, 9.17) is 0 Å². The molecular weight excluding hydrogens is 320 g/mol. The number of hydrogen-bond donors (Lipinski definition) is 1. The Kier molecular flexibility index (Phi) is 4.54. The molecule has 5 nitrogen and oxygen atoms in total. The maximum atomic E-state index is 12.1. The van der Waals surface area contributed by atoms with Gasteiger partial charge in [-0.05, 0) is 24.6 Å². The van der Waals surface area contributed by atoms with Crippen LogP contribution in [0.4, 0.5) is 0 Å². The summed E-state index contributed by atoms with van der Waals surface area (Å²) in [5.74, 6) is 0.885. The van der Waals surface area contributed by atoms with Gasteiger partial charge < -0.3 is 9.88 Å². The molecule has 1 atom stereocenters. The van der Waals surface area contributed by atoms with Crippen LogP contribution >= 0.6 is 15.9 Å². The highest BCUT2D eigenvalue weighted by atomic mass is 79.9. The normalized spacial score (nSPS) is 12.2. The molecule has 0 aliphatic heterocycles. The van der Waals surface area contributed by atoms with Crippen LogP contribution in [0.3, 0.4) is 0 Å². The molecular formula is C14H17BrN4O. The Balaban J connectivity index is 1.98. The second-order valence-electron chi connectivity index (χ2n) is 4.88. The quantitative estimate of drug-likeness (QED) is 0.932. The molecule has 1 heterocycles. The number of nitrogens with zero attached hydrogens (tertiary/aromatic N) is 3. The summed E-state index contributed by atoms with van der Waals surface area (Å²) in [6.07, 6.45) is 1.66. The second kappa shape index (κ2) is 6.17. The van der Waals surface area contributed by atoms with Gasteiger partial charge in [0.15, 0.2) is 0 Å². The first-order valence-corrected chi connectivity index (χ1v) is 7.16. The SMILES string of the molecule is Cc1ccc(C(=O)NC[C@@H](C)c2nncn2C)cc1Br. The topological polar surface area (TPSA) is 59.8 Å². The first kappa shape index (κ1) is 14.7. The van der Waals surface area contributed by atoms with Crippen molar-refractivity contribution < 1.29 is 4.79 Å². The average molecular weight is 337 g/mol. The standard InChI is InChI=1S/C14H17BrN4O/c1-9-4-5-11(6-12(9)15)14(20)16-7-10(2)13-18-17-8-19(13)3/h4-6,8,10H,7H2,1-3H3,(H,16,20)/t10-/m1/s1. The van der Waals surface area contributed by atoms with Gasteiger partial charge in [0.25, 0.3) is 5.91 Å². The zero-order valence-electron chi connectivity index (χ0n) is 11.7. The van der Waals surface area contributed by atoms with Crippen molar-refractivity contribution in [3.8, 4) is 0 Å². The van der Waals surface area contributed by atoms with E-state index in [0.717, 1.165) is 15.9 Å². The number of halogens is 1. The number of hydrogen-bond acceptors (Lipinski definition) is 3. The highest BCUT2D eigenvalue weighted by Gasteiger charge is 2.13. The van der Waals surface area contributed by atoms with Gasteiger partial charge in [-0.15, -0.1) is 10.2 Å². The van der Waals surface area contributed by atoms with E-state index in [2.05, 4.69) is 31.4 Å². The van der Waals surface area contributed by atoms with Gasteiger partial charge in [-0.1, -0.05) is 28.9 Å². The van der Waals surface area contributed by atoms with E-state index >= 15 is 0 Å².